The second-order valence-corrected chi connectivity index (χ2v) is 8.06. The zero-order valence-corrected chi connectivity index (χ0v) is 15.4. The number of rotatable bonds is 2. The van der Waals surface area contributed by atoms with E-state index in [-0.39, 0.29) is 5.60 Å². The molecule has 0 aliphatic carbocycles. The minimum Gasteiger partial charge on any atom is -0.380 e. The lowest BCUT2D eigenvalue weighted by molar-refractivity contribution is -0.102. The van der Waals surface area contributed by atoms with Gasteiger partial charge in [-0.05, 0) is 30.9 Å². The zero-order chi connectivity index (χ0) is 17.4. The molecule has 5 rings (SSSR count). The van der Waals surface area contributed by atoms with Crippen molar-refractivity contribution in [2.24, 2.45) is 5.92 Å². The number of aromatic amines is 1. The lowest BCUT2D eigenvalue weighted by Gasteiger charge is -2.44. The van der Waals surface area contributed by atoms with Crippen LogP contribution in [0, 0.1) is 5.92 Å². The fraction of sp³-hybridized carbons (Fsp3) is 0.619. The fourth-order valence-corrected chi connectivity index (χ4v) is 5.00. The molecule has 26 heavy (non-hydrogen) atoms. The number of hydrogen-bond acceptors (Lipinski definition) is 4. The summed E-state index contributed by atoms with van der Waals surface area (Å²) in [6.07, 6.45) is 3.18. The van der Waals surface area contributed by atoms with E-state index in [1.54, 1.807) is 0 Å². The first kappa shape index (κ1) is 16.8. The second-order valence-electron chi connectivity index (χ2n) is 8.06. The van der Waals surface area contributed by atoms with Gasteiger partial charge in [0.05, 0.1) is 25.5 Å². The number of nitrogens with one attached hydrogen (secondary N) is 2. The number of likely N-dealkylation sites (tertiary alicyclic amines) is 1. The van der Waals surface area contributed by atoms with Gasteiger partial charge in [0.25, 0.3) is 0 Å². The Labute approximate surface area is 155 Å². The summed E-state index contributed by atoms with van der Waals surface area (Å²) in [5, 5.41) is 4.87. The van der Waals surface area contributed by atoms with E-state index < -0.39 is 0 Å². The van der Waals surface area contributed by atoms with E-state index >= 15 is 0 Å². The summed E-state index contributed by atoms with van der Waals surface area (Å²) in [5.74, 6) is 0.600. The molecule has 0 amide bonds. The number of nitrogens with zero attached hydrogens (tertiary/aromatic N) is 1. The molecule has 2 saturated heterocycles. The number of fused-ring (bicyclic) bond motifs is 4. The summed E-state index contributed by atoms with van der Waals surface area (Å²) < 4.78 is 12.1. The molecule has 140 valence electrons. The van der Waals surface area contributed by atoms with Gasteiger partial charge in [0.1, 0.15) is 5.60 Å². The maximum Gasteiger partial charge on any atom is 0.110 e. The smallest absolute Gasteiger partial charge is 0.110 e. The van der Waals surface area contributed by atoms with Crippen molar-refractivity contribution in [1.29, 1.82) is 0 Å². The predicted octanol–water partition coefficient (Wildman–Crippen LogP) is 2.27. The third-order valence-electron chi connectivity index (χ3n) is 6.39. The molecule has 0 bridgehead atoms. The number of hydrogen-bond donors (Lipinski definition) is 2. The predicted molar refractivity (Wildman–Crippen MR) is 102 cm³/mol. The minimum atomic E-state index is -0.110. The number of H-pyrrole nitrogens is 1. The van der Waals surface area contributed by atoms with E-state index in [0.717, 1.165) is 71.8 Å². The van der Waals surface area contributed by atoms with Crippen molar-refractivity contribution >= 4 is 10.9 Å². The Kier molecular flexibility index (Phi) is 4.49. The molecule has 2 N–H and O–H groups in total. The van der Waals surface area contributed by atoms with Gasteiger partial charge < -0.3 is 24.7 Å². The van der Waals surface area contributed by atoms with Crippen LogP contribution in [0.5, 0.6) is 0 Å². The van der Waals surface area contributed by atoms with Crippen molar-refractivity contribution in [3.05, 3.63) is 35.5 Å². The molecule has 5 heteroatoms. The Hall–Kier alpha value is -1.40. The molecule has 3 aliphatic heterocycles. The molecule has 1 aromatic heterocycles. The van der Waals surface area contributed by atoms with Crippen molar-refractivity contribution in [3.8, 4) is 0 Å². The van der Waals surface area contributed by atoms with Gasteiger partial charge in [0, 0.05) is 49.5 Å². The van der Waals surface area contributed by atoms with Crippen LogP contribution in [0.25, 0.3) is 10.9 Å². The molecular formula is C21H29N3O2. The summed E-state index contributed by atoms with van der Waals surface area (Å²) in [5.41, 5.74) is 3.98. The highest BCUT2D eigenvalue weighted by molar-refractivity contribution is 5.85. The van der Waals surface area contributed by atoms with E-state index in [2.05, 4.69) is 39.5 Å². The van der Waals surface area contributed by atoms with Crippen molar-refractivity contribution < 1.29 is 9.47 Å². The fourth-order valence-electron chi connectivity index (χ4n) is 5.00. The standard InChI is InChI=1S/C21H29N3O2/c1-2-4-19-17(3-1)18-5-11-26-21(20(18)23-19)6-9-24(10-7-21)14-16-13-22-8-12-25-15-16/h1-4,16,22-23H,5-15H2. The third-order valence-corrected chi connectivity index (χ3v) is 6.39. The SMILES string of the molecule is c1ccc2c3c([nH]c2c1)C1(CCN(CC2CNCCOC2)CC1)OCC3. The van der Waals surface area contributed by atoms with Crippen LogP contribution >= 0.6 is 0 Å². The Morgan fingerprint density at radius 1 is 1.15 bits per heavy atom. The molecule has 0 radical (unpaired) electrons. The first-order valence-corrected chi connectivity index (χ1v) is 10.1. The summed E-state index contributed by atoms with van der Waals surface area (Å²) in [6, 6.07) is 8.70. The van der Waals surface area contributed by atoms with E-state index in [9.17, 15) is 0 Å². The summed E-state index contributed by atoms with van der Waals surface area (Å²) in [7, 11) is 0. The maximum atomic E-state index is 6.43. The molecule has 2 fully saturated rings. The summed E-state index contributed by atoms with van der Waals surface area (Å²) in [4.78, 5) is 6.31. The Morgan fingerprint density at radius 3 is 2.96 bits per heavy atom. The third kappa shape index (κ3) is 2.97. The minimum absolute atomic E-state index is 0.110. The Balaban J connectivity index is 1.32. The van der Waals surface area contributed by atoms with Crippen LogP contribution in [0.3, 0.4) is 0 Å². The lowest BCUT2D eigenvalue weighted by atomic mass is 9.83. The highest BCUT2D eigenvalue weighted by Gasteiger charge is 2.42. The molecule has 2 aromatic rings. The molecule has 5 nitrogen and oxygen atoms in total. The van der Waals surface area contributed by atoms with Gasteiger partial charge in [-0.2, -0.15) is 0 Å². The molecular weight excluding hydrogens is 326 g/mol. The number of ether oxygens (including phenoxy) is 2. The van der Waals surface area contributed by atoms with Gasteiger partial charge in [-0.1, -0.05) is 18.2 Å². The van der Waals surface area contributed by atoms with Crippen LogP contribution in [-0.4, -0.2) is 62.4 Å². The zero-order valence-electron chi connectivity index (χ0n) is 15.4. The first-order valence-electron chi connectivity index (χ1n) is 10.1. The van der Waals surface area contributed by atoms with Crippen molar-refractivity contribution in [2.75, 3.05) is 52.5 Å². The monoisotopic (exact) mass is 355 g/mol. The van der Waals surface area contributed by atoms with Crippen LogP contribution in [-0.2, 0) is 21.5 Å². The van der Waals surface area contributed by atoms with E-state index in [4.69, 9.17) is 9.47 Å². The van der Waals surface area contributed by atoms with Crippen molar-refractivity contribution in [2.45, 2.75) is 24.9 Å². The van der Waals surface area contributed by atoms with Crippen LogP contribution in [0.15, 0.2) is 24.3 Å². The van der Waals surface area contributed by atoms with E-state index in [0.29, 0.717) is 5.92 Å². The normalized spacial score (nSPS) is 26.7. The van der Waals surface area contributed by atoms with Gasteiger partial charge in [0.15, 0.2) is 0 Å². The van der Waals surface area contributed by atoms with Gasteiger partial charge in [-0.15, -0.1) is 0 Å². The molecule has 4 heterocycles. The van der Waals surface area contributed by atoms with Crippen LogP contribution in [0.2, 0.25) is 0 Å². The maximum absolute atomic E-state index is 6.43. The number of aromatic nitrogens is 1. The van der Waals surface area contributed by atoms with Crippen LogP contribution < -0.4 is 5.32 Å². The highest BCUT2D eigenvalue weighted by Crippen LogP contribution is 2.43. The van der Waals surface area contributed by atoms with Gasteiger partial charge in [-0.25, -0.2) is 0 Å². The van der Waals surface area contributed by atoms with Gasteiger partial charge in [-0.3, -0.25) is 0 Å². The quantitative estimate of drug-likeness (QED) is 0.868. The van der Waals surface area contributed by atoms with Crippen LogP contribution in [0.4, 0.5) is 0 Å². The van der Waals surface area contributed by atoms with Crippen LogP contribution in [0.1, 0.15) is 24.1 Å². The lowest BCUT2D eigenvalue weighted by Crippen LogP contribution is -2.48. The first-order chi connectivity index (χ1) is 12.8. The van der Waals surface area contributed by atoms with Gasteiger partial charge in [0.2, 0.25) is 0 Å². The van der Waals surface area contributed by atoms with E-state index in [1.165, 1.54) is 22.2 Å². The molecule has 1 atom stereocenters. The Morgan fingerprint density at radius 2 is 2.04 bits per heavy atom. The topological polar surface area (TPSA) is 49.5 Å². The molecule has 0 saturated carbocycles. The molecule has 1 aromatic carbocycles. The number of benzene rings is 1. The van der Waals surface area contributed by atoms with Crippen molar-refractivity contribution in [3.63, 3.8) is 0 Å². The largest absolute Gasteiger partial charge is 0.380 e. The number of para-hydroxylation sites is 1. The molecule has 1 unspecified atom stereocenters. The molecule has 1 spiro atoms. The van der Waals surface area contributed by atoms with E-state index in [1.807, 2.05) is 0 Å². The average molecular weight is 355 g/mol. The average Bonchev–Trinajstić information content (AvgIpc) is 2.87. The van der Waals surface area contributed by atoms with Crippen molar-refractivity contribution in [1.82, 2.24) is 15.2 Å². The highest BCUT2D eigenvalue weighted by atomic mass is 16.5. The Bertz CT molecular complexity index is 756. The second kappa shape index (κ2) is 6.97. The molecule has 3 aliphatic rings. The van der Waals surface area contributed by atoms with Gasteiger partial charge >= 0.3 is 0 Å². The number of piperidine rings is 1. The summed E-state index contributed by atoms with van der Waals surface area (Å²) in [6.45, 7) is 7.96. The summed E-state index contributed by atoms with van der Waals surface area (Å²) >= 11 is 0.